The molecule has 0 aromatic rings. The Morgan fingerprint density at radius 3 is 2.13 bits per heavy atom. The maximum Gasteiger partial charge on any atom is 0.0703 e. The van der Waals surface area contributed by atoms with Crippen LogP contribution >= 0.6 is 0 Å². The van der Waals surface area contributed by atoms with Crippen LogP contribution in [0.4, 0.5) is 0 Å². The van der Waals surface area contributed by atoms with E-state index in [1.54, 1.807) is 0 Å². The molecule has 15 heavy (non-hydrogen) atoms. The molecule has 0 atom stereocenters. The molecule has 0 bridgehead atoms. The van der Waals surface area contributed by atoms with E-state index in [1.165, 1.54) is 51.6 Å². The first-order valence-electron chi connectivity index (χ1n) is 6.48. The predicted molar refractivity (Wildman–Crippen MR) is 61.4 cm³/mol. The molecule has 1 aliphatic carbocycles. The van der Waals surface area contributed by atoms with Crippen LogP contribution in [0.3, 0.4) is 0 Å². The lowest BCUT2D eigenvalue weighted by molar-refractivity contribution is 0.133. The zero-order valence-electron chi connectivity index (χ0n) is 9.67. The minimum atomic E-state index is 0.00951. The normalized spacial score (nSPS) is 27.1. The van der Waals surface area contributed by atoms with Crippen LogP contribution < -0.4 is 0 Å². The van der Waals surface area contributed by atoms with E-state index >= 15 is 0 Å². The van der Waals surface area contributed by atoms with E-state index in [1.807, 2.05) is 0 Å². The molecule has 84 valence electrons. The molecule has 2 rings (SSSR count). The highest BCUT2D eigenvalue weighted by Crippen LogP contribution is 2.36. The van der Waals surface area contributed by atoms with Crippen molar-refractivity contribution in [1.29, 1.82) is 5.26 Å². The Hall–Kier alpha value is -0.550. The summed E-state index contributed by atoms with van der Waals surface area (Å²) >= 11 is 0. The molecule has 1 saturated heterocycles. The largest absolute Gasteiger partial charge is 0.302 e. The van der Waals surface area contributed by atoms with Gasteiger partial charge >= 0.3 is 0 Å². The predicted octanol–water partition coefficient (Wildman–Crippen LogP) is 2.95. The molecule has 2 nitrogen and oxygen atoms in total. The second-order valence-electron chi connectivity index (χ2n) is 5.29. The van der Waals surface area contributed by atoms with Gasteiger partial charge in [-0.2, -0.15) is 5.26 Å². The lowest BCUT2D eigenvalue weighted by Crippen LogP contribution is -2.40. The molecule has 0 unspecified atom stereocenters. The maximum atomic E-state index is 9.40. The van der Waals surface area contributed by atoms with E-state index in [2.05, 4.69) is 11.0 Å². The third-order valence-electron chi connectivity index (χ3n) is 4.02. The molecule has 1 heterocycles. The Labute approximate surface area is 93.3 Å². The first-order valence-corrected chi connectivity index (χ1v) is 6.48. The summed E-state index contributed by atoms with van der Waals surface area (Å²) in [6.07, 6.45) is 10.2. The van der Waals surface area contributed by atoms with Crippen molar-refractivity contribution < 1.29 is 0 Å². The van der Waals surface area contributed by atoms with Crippen LogP contribution in [0.25, 0.3) is 0 Å². The fourth-order valence-corrected chi connectivity index (χ4v) is 3.08. The van der Waals surface area contributed by atoms with Crippen molar-refractivity contribution in [3.05, 3.63) is 0 Å². The highest BCUT2D eigenvalue weighted by Gasteiger charge is 2.34. The van der Waals surface area contributed by atoms with Crippen molar-refractivity contribution in [2.45, 2.75) is 51.4 Å². The first kappa shape index (κ1) is 11.0. The highest BCUT2D eigenvalue weighted by atomic mass is 15.1. The second-order valence-corrected chi connectivity index (χ2v) is 5.29. The van der Waals surface area contributed by atoms with Crippen LogP contribution in [0, 0.1) is 16.7 Å². The number of likely N-dealkylation sites (tertiary alicyclic amines) is 1. The Morgan fingerprint density at radius 2 is 1.53 bits per heavy atom. The minimum absolute atomic E-state index is 0.00951. The Balaban J connectivity index is 1.91. The standard InChI is InChI=1S/C13H22N2/c14-11-13(7-3-1-4-8-13)12-15-9-5-2-6-10-15/h1-10,12H2. The molecule has 0 spiro atoms. The Morgan fingerprint density at radius 1 is 0.933 bits per heavy atom. The molecular weight excluding hydrogens is 184 g/mol. The average molecular weight is 206 g/mol. The lowest BCUT2D eigenvalue weighted by Gasteiger charge is -2.37. The molecule has 1 saturated carbocycles. The summed E-state index contributed by atoms with van der Waals surface area (Å²) in [5, 5.41) is 9.40. The van der Waals surface area contributed by atoms with Gasteiger partial charge in [0.05, 0.1) is 11.5 Å². The summed E-state index contributed by atoms with van der Waals surface area (Å²) in [6, 6.07) is 2.62. The Kier molecular flexibility index (Phi) is 3.64. The van der Waals surface area contributed by atoms with Crippen LogP contribution in [-0.4, -0.2) is 24.5 Å². The minimum Gasteiger partial charge on any atom is -0.302 e. The summed E-state index contributed by atoms with van der Waals surface area (Å²) in [4.78, 5) is 2.53. The molecule has 0 aromatic heterocycles. The van der Waals surface area contributed by atoms with E-state index in [9.17, 15) is 5.26 Å². The summed E-state index contributed by atoms with van der Waals surface area (Å²) < 4.78 is 0. The molecule has 2 fully saturated rings. The molecule has 0 N–H and O–H groups in total. The van der Waals surface area contributed by atoms with Crippen molar-refractivity contribution >= 4 is 0 Å². The fourth-order valence-electron chi connectivity index (χ4n) is 3.08. The van der Waals surface area contributed by atoms with Crippen molar-refractivity contribution in [2.24, 2.45) is 5.41 Å². The van der Waals surface area contributed by atoms with Crippen LogP contribution in [0.2, 0.25) is 0 Å². The summed E-state index contributed by atoms with van der Waals surface area (Å²) in [6.45, 7) is 3.50. The summed E-state index contributed by atoms with van der Waals surface area (Å²) in [5.74, 6) is 0. The van der Waals surface area contributed by atoms with Gasteiger partial charge in [0.2, 0.25) is 0 Å². The smallest absolute Gasteiger partial charge is 0.0703 e. The number of rotatable bonds is 2. The first-order chi connectivity index (χ1) is 7.35. The topological polar surface area (TPSA) is 27.0 Å². The zero-order valence-corrected chi connectivity index (χ0v) is 9.67. The molecule has 1 aliphatic heterocycles. The van der Waals surface area contributed by atoms with Gasteiger partial charge in [-0.3, -0.25) is 0 Å². The van der Waals surface area contributed by atoms with E-state index in [0.717, 1.165) is 19.4 Å². The number of nitrogens with zero attached hydrogens (tertiary/aromatic N) is 2. The number of hydrogen-bond donors (Lipinski definition) is 0. The number of nitriles is 1. The van der Waals surface area contributed by atoms with Crippen molar-refractivity contribution in [3.63, 3.8) is 0 Å². The molecule has 2 aliphatic rings. The molecule has 0 aromatic carbocycles. The van der Waals surface area contributed by atoms with Crippen molar-refractivity contribution in [1.82, 2.24) is 4.90 Å². The van der Waals surface area contributed by atoms with Crippen molar-refractivity contribution in [2.75, 3.05) is 19.6 Å². The van der Waals surface area contributed by atoms with Gasteiger partial charge in [-0.05, 0) is 38.8 Å². The van der Waals surface area contributed by atoms with Crippen LogP contribution in [0.5, 0.6) is 0 Å². The van der Waals surface area contributed by atoms with Gasteiger partial charge in [-0.25, -0.2) is 0 Å². The maximum absolute atomic E-state index is 9.40. The van der Waals surface area contributed by atoms with E-state index in [0.29, 0.717) is 0 Å². The van der Waals surface area contributed by atoms with E-state index in [4.69, 9.17) is 0 Å². The third kappa shape index (κ3) is 2.72. The molecule has 0 radical (unpaired) electrons. The summed E-state index contributed by atoms with van der Waals surface area (Å²) in [5.41, 5.74) is 0.00951. The fraction of sp³-hybridized carbons (Fsp3) is 0.923. The SMILES string of the molecule is N#CC1(CN2CCCCC2)CCCCC1. The van der Waals surface area contributed by atoms with Crippen LogP contribution in [0.1, 0.15) is 51.4 Å². The van der Waals surface area contributed by atoms with Crippen LogP contribution in [-0.2, 0) is 0 Å². The number of hydrogen-bond acceptors (Lipinski definition) is 2. The average Bonchev–Trinajstić information content (AvgIpc) is 2.32. The molecule has 0 amide bonds. The third-order valence-corrected chi connectivity index (χ3v) is 4.02. The monoisotopic (exact) mass is 206 g/mol. The molecule has 2 heteroatoms. The zero-order chi connectivity index (χ0) is 10.6. The van der Waals surface area contributed by atoms with Gasteiger partial charge in [-0.15, -0.1) is 0 Å². The lowest BCUT2D eigenvalue weighted by atomic mass is 9.74. The number of piperidine rings is 1. The van der Waals surface area contributed by atoms with Gasteiger partial charge in [-0.1, -0.05) is 25.7 Å². The van der Waals surface area contributed by atoms with Gasteiger partial charge in [0, 0.05) is 6.54 Å². The second kappa shape index (κ2) is 4.99. The highest BCUT2D eigenvalue weighted by molar-refractivity contribution is 5.02. The van der Waals surface area contributed by atoms with Gasteiger partial charge in [0.15, 0.2) is 0 Å². The van der Waals surface area contributed by atoms with Crippen LogP contribution in [0.15, 0.2) is 0 Å². The molecular formula is C13H22N2. The van der Waals surface area contributed by atoms with Gasteiger partial charge < -0.3 is 4.90 Å². The van der Waals surface area contributed by atoms with Gasteiger partial charge in [0.25, 0.3) is 0 Å². The Bertz CT molecular complexity index is 229. The van der Waals surface area contributed by atoms with E-state index in [-0.39, 0.29) is 5.41 Å². The summed E-state index contributed by atoms with van der Waals surface area (Å²) in [7, 11) is 0. The van der Waals surface area contributed by atoms with E-state index < -0.39 is 0 Å². The van der Waals surface area contributed by atoms with Crippen molar-refractivity contribution in [3.8, 4) is 6.07 Å². The van der Waals surface area contributed by atoms with Gasteiger partial charge in [0.1, 0.15) is 0 Å². The quantitative estimate of drug-likeness (QED) is 0.694.